The summed E-state index contributed by atoms with van der Waals surface area (Å²) in [6, 6.07) is 70.6. The van der Waals surface area contributed by atoms with Crippen molar-refractivity contribution >= 4 is 64.4 Å². The number of benzene rings is 9. The van der Waals surface area contributed by atoms with Gasteiger partial charge < -0.3 is 0 Å². The molecule has 0 spiro atoms. The number of carbonyl (C=O) groups is 2. The van der Waals surface area contributed by atoms with E-state index in [-0.39, 0.29) is 17.6 Å². The first-order valence-electron chi connectivity index (χ1n) is 29.5. The Bertz CT molecular complexity index is 3290. The van der Waals surface area contributed by atoms with Crippen molar-refractivity contribution in [2.24, 2.45) is 0 Å². The number of alkyl halides is 6. The average molecular weight is 1200 g/mol. The Balaban J connectivity index is 1.23. The van der Waals surface area contributed by atoms with Gasteiger partial charge >= 0.3 is 502 Å². The molecule has 2 aliphatic carbocycles. The zero-order chi connectivity index (χ0) is 59.9. The van der Waals surface area contributed by atoms with Crippen LogP contribution in [0.4, 0.5) is 26.3 Å². The Kier molecular flexibility index (Phi) is 17.6. The van der Waals surface area contributed by atoms with Crippen molar-refractivity contribution in [3.63, 3.8) is 0 Å². The summed E-state index contributed by atoms with van der Waals surface area (Å²) in [4.78, 5) is 32.3. The van der Waals surface area contributed by atoms with Gasteiger partial charge in [-0.05, 0) is 0 Å². The van der Waals surface area contributed by atoms with Crippen LogP contribution < -0.4 is 36.5 Å². The van der Waals surface area contributed by atoms with Gasteiger partial charge in [0.15, 0.2) is 0 Å². The number of halogens is 6. The molecule has 0 atom stereocenters. The van der Waals surface area contributed by atoms with Crippen molar-refractivity contribution in [3.8, 4) is 5.75 Å². The molecule has 2 aliphatic rings. The molecule has 86 heavy (non-hydrogen) atoms. The maximum atomic E-state index is 16.1. The number of carbonyl (C=O) groups excluding carboxylic acids is 2. The summed E-state index contributed by atoms with van der Waals surface area (Å²) in [6.07, 6.45) is -0.553. The second kappa shape index (κ2) is 25.1. The summed E-state index contributed by atoms with van der Waals surface area (Å²) in [5.41, 5.74) is -0.332. The topological polar surface area (TPSA) is 61.8 Å². The average Bonchev–Trinajstić information content (AvgIpc) is 0.708. The second-order valence-corrected chi connectivity index (χ2v) is 31.9. The summed E-state index contributed by atoms with van der Waals surface area (Å²) in [5.74, 6) is -0.973. The van der Waals surface area contributed by atoms with Gasteiger partial charge in [0.25, 0.3) is 0 Å². The fraction of sp³-hybridized carbons (Fsp3) is 0.222. The number of hydrogen-bond donors (Lipinski definition) is 0. The van der Waals surface area contributed by atoms with Gasteiger partial charge in [-0.15, -0.1) is 0 Å². The molecule has 0 aromatic heterocycles. The Morgan fingerprint density at radius 3 is 0.895 bits per heavy atom. The van der Waals surface area contributed by atoms with Crippen molar-refractivity contribution in [2.45, 2.75) is 88.4 Å². The molecule has 0 amide bonds. The van der Waals surface area contributed by atoms with E-state index in [4.69, 9.17) is 13.5 Å². The first-order chi connectivity index (χ1) is 41.6. The van der Waals surface area contributed by atoms with E-state index in [9.17, 15) is 0 Å². The molecule has 0 aliphatic heterocycles. The zero-order valence-corrected chi connectivity index (χ0v) is 49.4. The van der Waals surface area contributed by atoms with Crippen LogP contribution in [0.2, 0.25) is 0 Å². The van der Waals surface area contributed by atoms with Crippen molar-refractivity contribution < 1.29 is 49.5 Å². The second-order valence-electron chi connectivity index (χ2n) is 22.9. The molecular weight excluding hydrogens is 1130 g/mol. The number of rotatable bonds is 20. The van der Waals surface area contributed by atoms with Crippen molar-refractivity contribution in [1.82, 2.24) is 0 Å². The fourth-order valence-corrected chi connectivity index (χ4v) is 24.4. The van der Waals surface area contributed by atoms with Crippen LogP contribution in [0.1, 0.15) is 119 Å². The van der Waals surface area contributed by atoms with Gasteiger partial charge in [0.2, 0.25) is 0 Å². The van der Waals surface area contributed by atoms with Gasteiger partial charge in [-0.2, -0.15) is 0 Å². The summed E-state index contributed by atoms with van der Waals surface area (Å²) in [6.45, 7) is -10.6. The van der Waals surface area contributed by atoms with Crippen molar-refractivity contribution in [2.75, 3.05) is 12.3 Å². The monoisotopic (exact) mass is 1200 g/mol. The minimum atomic E-state index is -5.32. The SMILES string of the molecule is O=C(CP(OB(Oc1cc(C(F)(F)F)cc(C(F)(F)F)c1)OP(CC(=O)c1ccc(C2CCCCC2)cc1)(c1ccccc1)(c1ccccc1)c1ccccc1)(c1ccccc1)(c1ccccc1)c1ccccc1)c1ccc(C2CCCCC2)cc1. The van der Waals surface area contributed by atoms with E-state index in [0.29, 0.717) is 66.9 Å². The summed E-state index contributed by atoms with van der Waals surface area (Å²) >= 11 is 0. The van der Waals surface area contributed by atoms with Crippen LogP contribution in [0.5, 0.6) is 5.75 Å². The third-order valence-electron chi connectivity index (χ3n) is 17.8. The van der Waals surface area contributed by atoms with Crippen LogP contribution in [0.25, 0.3) is 0 Å². The van der Waals surface area contributed by atoms with E-state index in [1.807, 2.05) is 158 Å². The molecule has 9 aromatic carbocycles. The van der Waals surface area contributed by atoms with Gasteiger partial charge in [-0.3, -0.25) is 0 Å². The van der Waals surface area contributed by atoms with Crippen molar-refractivity contribution in [3.05, 3.63) is 282 Å². The third kappa shape index (κ3) is 11.8. The summed E-state index contributed by atoms with van der Waals surface area (Å²) in [7, 11) is -2.36. The standard InChI is InChI=1S/C72H67BF6O5P2/c74-71(75,76)60-49-61(72(77,78)79)51-62(50-60)82-73(83-85(63-29-13-3-14-30-63,64-31-15-4-16-32-64,65-33-17-5-18-34-65)52-69(80)58-45-41-56(42-46-58)54-25-9-1-10-26-54)84-86(66-35-19-6-20-36-66,67-37-21-7-22-38-67,68-39-23-8-24-40-68)53-70(81)59-47-43-57(44-48-59)55-27-11-2-12-28-55/h3-8,13-24,29-51,54-55H,1-2,9-12,25-28,52-53H2. The van der Waals surface area contributed by atoms with Gasteiger partial charge in [0.1, 0.15) is 0 Å². The predicted molar refractivity (Wildman–Crippen MR) is 338 cm³/mol. The Labute approximate surface area is 500 Å². The van der Waals surface area contributed by atoms with Crippen LogP contribution in [-0.2, 0) is 21.2 Å². The molecule has 2 saturated carbocycles. The van der Waals surface area contributed by atoms with Crippen LogP contribution in [0.3, 0.4) is 0 Å². The maximum absolute atomic E-state index is 16.1. The molecule has 9 aromatic rings. The van der Waals surface area contributed by atoms with E-state index in [1.54, 1.807) is 72.8 Å². The number of hydrogen-bond acceptors (Lipinski definition) is 5. The molecule has 0 heterocycles. The Hall–Kier alpha value is -7.46. The van der Waals surface area contributed by atoms with Gasteiger partial charge in [0.05, 0.1) is 0 Å². The molecule has 0 N–H and O–H groups in total. The summed E-state index contributed by atoms with van der Waals surface area (Å²) in [5, 5.41) is 2.80. The Morgan fingerprint density at radius 1 is 0.372 bits per heavy atom. The quantitative estimate of drug-likeness (QED) is 0.0329. The molecule has 0 saturated heterocycles. The number of ketones is 2. The first-order valence-corrected chi connectivity index (χ1v) is 34.2. The molecule has 11 rings (SSSR count). The molecular formula is C72H67BF6O5P2. The zero-order valence-electron chi connectivity index (χ0n) is 47.6. The molecule has 5 nitrogen and oxygen atoms in total. The van der Waals surface area contributed by atoms with Crippen LogP contribution >= 0.6 is 13.7 Å². The predicted octanol–water partition coefficient (Wildman–Crippen LogP) is 16.9. The van der Waals surface area contributed by atoms with Crippen LogP contribution in [0, 0.1) is 0 Å². The molecule has 0 bridgehead atoms. The normalized spacial score (nSPS) is 15.6. The minimum absolute atomic E-state index is 0.0375. The van der Waals surface area contributed by atoms with E-state index in [0.717, 1.165) is 62.5 Å². The Morgan fingerprint density at radius 2 is 0.640 bits per heavy atom. The van der Waals surface area contributed by atoms with Crippen LogP contribution in [-0.4, -0.2) is 31.2 Å². The van der Waals surface area contributed by atoms with Gasteiger partial charge in [-0.25, -0.2) is 0 Å². The van der Waals surface area contributed by atoms with E-state index >= 15 is 35.9 Å². The molecule has 2 fully saturated rings. The third-order valence-corrected chi connectivity index (χ3v) is 29.2. The van der Waals surface area contributed by atoms with E-state index in [2.05, 4.69) is 0 Å². The fourth-order valence-electron chi connectivity index (χ4n) is 13.4. The summed E-state index contributed by atoms with van der Waals surface area (Å²) < 4.78 is 114. The van der Waals surface area contributed by atoms with Gasteiger partial charge in [-0.1, -0.05) is 0 Å². The molecule has 0 unspecified atom stereocenters. The van der Waals surface area contributed by atoms with Crippen LogP contribution in [0.15, 0.2) is 249 Å². The van der Waals surface area contributed by atoms with Crippen molar-refractivity contribution in [1.29, 1.82) is 0 Å². The molecule has 440 valence electrons. The van der Waals surface area contributed by atoms with E-state index in [1.165, 1.54) is 12.8 Å². The molecule has 14 heteroatoms. The first kappa shape index (κ1) is 60.2. The van der Waals surface area contributed by atoms with Gasteiger partial charge in [0, 0.05) is 0 Å². The molecule has 0 radical (unpaired) electrons. The van der Waals surface area contributed by atoms with E-state index < -0.39 is 62.5 Å². The number of Topliss-reactive ketones (excluding diaryl/α,β-unsaturated/α-hetero) is 2.